The molecular formula is C26H36N4O2. The van der Waals surface area contributed by atoms with E-state index in [1.165, 1.54) is 11.1 Å². The molecule has 1 aliphatic heterocycles. The summed E-state index contributed by atoms with van der Waals surface area (Å²) in [6.45, 7) is 11.0. The quantitative estimate of drug-likeness (QED) is 0.611. The van der Waals surface area contributed by atoms with Gasteiger partial charge in [0.1, 0.15) is 5.60 Å². The zero-order valence-electron chi connectivity index (χ0n) is 20.0. The summed E-state index contributed by atoms with van der Waals surface area (Å²) in [5, 5.41) is 2.79. The van der Waals surface area contributed by atoms with Crippen molar-refractivity contribution in [2.75, 3.05) is 13.1 Å². The van der Waals surface area contributed by atoms with Gasteiger partial charge < -0.3 is 10.1 Å². The van der Waals surface area contributed by atoms with E-state index in [4.69, 9.17) is 14.7 Å². The minimum Gasteiger partial charge on any atom is -0.444 e. The minimum atomic E-state index is -0.497. The second kappa shape index (κ2) is 10.7. The second-order valence-electron chi connectivity index (χ2n) is 9.42. The monoisotopic (exact) mass is 436 g/mol. The normalized spacial score (nSPS) is 19.8. The molecule has 1 saturated heterocycles. The summed E-state index contributed by atoms with van der Waals surface area (Å²) >= 11 is 0. The summed E-state index contributed by atoms with van der Waals surface area (Å²) in [6.07, 6.45) is 10.8. The lowest BCUT2D eigenvalue weighted by molar-refractivity contribution is 0.0534. The second-order valence-corrected chi connectivity index (χ2v) is 9.42. The third-order valence-corrected chi connectivity index (χ3v) is 5.73. The fourth-order valence-corrected chi connectivity index (χ4v) is 4.32. The maximum absolute atomic E-state index is 11.9. The molecule has 0 bridgehead atoms. The van der Waals surface area contributed by atoms with Gasteiger partial charge in [0.15, 0.2) is 0 Å². The van der Waals surface area contributed by atoms with Crippen LogP contribution in [0.25, 0.3) is 0 Å². The number of rotatable bonds is 6. The van der Waals surface area contributed by atoms with Gasteiger partial charge in [0, 0.05) is 25.5 Å². The number of hydrogen-bond acceptors (Lipinski definition) is 5. The van der Waals surface area contributed by atoms with Gasteiger partial charge in [0.25, 0.3) is 0 Å². The molecule has 2 aromatic rings. The maximum Gasteiger partial charge on any atom is 0.407 e. The molecule has 1 amide bonds. The lowest BCUT2D eigenvalue weighted by Crippen LogP contribution is -2.38. The molecule has 32 heavy (non-hydrogen) atoms. The van der Waals surface area contributed by atoms with Crippen LogP contribution >= 0.6 is 0 Å². The SMILES string of the molecule is Cc1cccnc1[C@H]1CCC[C@@H](c2ncccc2C)N1C/C=C\CNC(=O)OC(C)(C)C. The zero-order chi connectivity index (χ0) is 23.1. The van der Waals surface area contributed by atoms with E-state index in [1.807, 2.05) is 51.4 Å². The fraction of sp³-hybridized carbons (Fsp3) is 0.500. The van der Waals surface area contributed by atoms with Crippen molar-refractivity contribution in [3.63, 3.8) is 0 Å². The Kier molecular flexibility index (Phi) is 8.02. The molecule has 2 atom stereocenters. The topological polar surface area (TPSA) is 67.4 Å². The number of hydrogen-bond donors (Lipinski definition) is 1. The number of carbonyl (C=O) groups is 1. The van der Waals surface area contributed by atoms with Crippen molar-refractivity contribution in [3.8, 4) is 0 Å². The van der Waals surface area contributed by atoms with E-state index in [1.54, 1.807) is 0 Å². The van der Waals surface area contributed by atoms with E-state index >= 15 is 0 Å². The predicted molar refractivity (Wildman–Crippen MR) is 127 cm³/mol. The molecule has 1 N–H and O–H groups in total. The Morgan fingerprint density at radius 3 is 2.12 bits per heavy atom. The van der Waals surface area contributed by atoms with Crippen molar-refractivity contribution in [2.24, 2.45) is 0 Å². The summed E-state index contributed by atoms with van der Waals surface area (Å²) in [5.41, 5.74) is 4.23. The lowest BCUT2D eigenvalue weighted by atomic mass is 9.89. The largest absolute Gasteiger partial charge is 0.444 e. The zero-order valence-corrected chi connectivity index (χ0v) is 20.0. The van der Waals surface area contributed by atoms with Gasteiger partial charge in [0.2, 0.25) is 0 Å². The maximum atomic E-state index is 11.9. The average molecular weight is 437 g/mol. The van der Waals surface area contributed by atoms with Crippen LogP contribution in [0.2, 0.25) is 0 Å². The molecule has 3 heterocycles. The van der Waals surface area contributed by atoms with Crippen molar-refractivity contribution in [1.29, 1.82) is 0 Å². The number of alkyl carbamates (subject to hydrolysis) is 1. The highest BCUT2D eigenvalue weighted by atomic mass is 16.6. The van der Waals surface area contributed by atoms with Crippen molar-refractivity contribution in [3.05, 3.63) is 71.3 Å². The molecule has 0 spiro atoms. The Balaban J connectivity index is 1.76. The van der Waals surface area contributed by atoms with E-state index in [0.717, 1.165) is 37.2 Å². The number of nitrogens with one attached hydrogen (secondary N) is 1. The molecule has 2 aromatic heterocycles. The third-order valence-electron chi connectivity index (χ3n) is 5.73. The first-order chi connectivity index (χ1) is 15.3. The number of piperidine rings is 1. The first-order valence-corrected chi connectivity index (χ1v) is 11.5. The summed E-state index contributed by atoms with van der Waals surface area (Å²) in [4.78, 5) is 23.9. The van der Waals surface area contributed by atoms with Gasteiger partial charge in [-0.15, -0.1) is 0 Å². The van der Waals surface area contributed by atoms with Gasteiger partial charge in [-0.1, -0.05) is 24.3 Å². The Morgan fingerprint density at radius 1 is 1.06 bits per heavy atom. The van der Waals surface area contributed by atoms with Gasteiger partial charge in [-0.25, -0.2) is 4.79 Å². The van der Waals surface area contributed by atoms with Crippen molar-refractivity contribution >= 4 is 6.09 Å². The molecule has 0 unspecified atom stereocenters. The number of carbonyl (C=O) groups excluding carboxylic acids is 1. The van der Waals surface area contributed by atoms with Crippen LogP contribution in [-0.4, -0.2) is 39.7 Å². The number of pyridine rings is 2. The average Bonchev–Trinajstić information content (AvgIpc) is 2.73. The molecule has 172 valence electrons. The van der Waals surface area contributed by atoms with Crippen LogP contribution < -0.4 is 5.32 Å². The van der Waals surface area contributed by atoms with Gasteiger partial charge in [-0.3, -0.25) is 14.9 Å². The molecule has 1 aliphatic rings. The Morgan fingerprint density at radius 2 is 1.62 bits per heavy atom. The third kappa shape index (κ3) is 6.39. The highest BCUT2D eigenvalue weighted by Gasteiger charge is 2.34. The van der Waals surface area contributed by atoms with Gasteiger partial charge >= 0.3 is 6.09 Å². The van der Waals surface area contributed by atoms with Crippen LogP contribution in [0.15, 0.2) is 48.8 Å². The standard InChI is InChI=1S/C26H36N4O2/c1-19-11-9-16-27-23(19)21-13-8-14-22(24-20(2)12-10-17-28-24)30(21)18-7-6-15-29-25(31)32-26(3,4)5/h6-7,9-12,16-17,21-22H,8,13-15,18H2,1-5H3,(H,29,31)/b7-6-/t21-,22+. The molecule has 3 rings (SSSR count). The predicted octanol–water partition coefficient (Wildman–Crippen LogP) is 5.44. The molecule has 0 radical (unpaired) electrons. The van der Waals surface area contributed by atoms with E-state index < -0.39 is 11.7 Å². The van der Waals surface area contributed by atoms with E-state index in [-0.39, 0.29) is 12.1 Å². The van der Waals surface area contributed by atoms with Crippen LogP contribution in [0.1, 0.15) is 74.6 Å². The minimum absolute atomic E-state index is 0.236. The van der Waals surface area contributed by atoms with Gasteiger partial charge in [-0.05, 0) is 77.1 Å². The smallest absolute Gasteiger partial charge is 0.407 e. The molecule has 0 saturated carbocycles. The molecule has 6 nitrogen and oxygen atoms in total. The van der Waals surface area contributed by atoms with Crippen LogP contribution in [0.5, 0.6) is 0 Å². The molecule has 6 heteroatoms. The van der Waals surface area contributed by atoms with Crippen molar-refractivity contribution in [2.45, 2.75) is 71.6 Å². The Hall–Kier alpha value is -2.73. The number of amides is 1. The molecule has 1 fully saturated rings. The number of likely N-dealkylation sites (tertiary alicyclic amines) is 1. The highest BCUT2D eigenvalue weighted by molar-refractivity contribution is 5.67. The van der Waals surface area contributed by atoms with E-state index in [0.29, 0.717) is 6.54 Å². The summed E-state index contributed by atoms with van der Waals surface area (Å²) in [7, 11) is 0. The molecule has 0 aromatic carbocycles. The van der Waals surface area contributed by atoms with Crippen LogP contribution in [0, 0.1) is 13.8 Å². The number of aryl methyl sites for hydroxylation is 2. The van der Waals surface area contributed by atoms with E-state index in [2.05, 4.69) is 42.3 Å². The first kappa shape index (κ1) is 23.9. The van der Waals surface area contributed by atoms with Crippen LogP contribution in [-0.2, 0) is 4.74 Å². The van der Waals surface area contributed by atoms with Crippen LogP contribution in [0.3, 0.4) is 0 Å². The van der Waals surface area contributed by atoms with Crippen LogP contribution in [0.4, 0.5) is 4.79 Å². The first-order valence-electron chi connectivity index (χ1n) is 11.5. The Labute approximate surface area is 192 Å². The number of aromatic nitrogens is 2. The Bertz CT molecular complexity index is 882. The number of nitrogens with zero attached hydrogens (tertiary/aromatic N) is 3. The summed E-state index contributed by atoms with van der Waals surface area (Å²) in [6, 6.07) is 8.73. The number of ether oxygens (including phenoxy) is 1. The molecule has 0 aliphatic carbocycles. The van der Waals surface area contributed by atoms with Gasteiger partial charge in [0.05, 0.1) is 23.5 Å². The highest BCUT2D eigenvalue weighted by Crippen LogP contribution is 2.41. The molecular weight excluding hydrogens is 400 g/mol. The fourth-order valence-electron chi connectivity index (χ4n) is 4.32. The van der Waals surface area contributed by atoms with E-state index in [9.17, 15) is 4.79 Å². The van der Waals surface area contributed by atoms with Crippen molar-refractivity contribution < 1.29 is 9.53 Å². The van der Waals surface area contributed by atoms with Gasteiger partial charge in [-0.2, -0.15) is 0 Å². The summed E-state index contributed by atoms with van der Waals surface area (Å²) in [5.74, 6) is 0. The lowest BCUT2D eigenvalue weighted by Gasteiger charge is -2.42. The summed E-state index contributed by atoms with van der Waals surface area (Å²) < 4.78 is 5.30. The van der Waals surface area contributed by atoms with Crippen molar-refractivity contribution in [1.82, 2.24) is 20.2 Å².